The molecule has 6 aromatic rings. The second kappa shape index (κ2) is 10.4. The second-order valence-electron chi connectivity index (χ2n) is 9.15. The zero-order valence-corrected chi connectivity index (χ0v) is 22.3. The average Bonchev–Trinajstić information content (AvgIpc) is 2.99. The average molecular weight is 532 g/mol. The predicted octanol–water partition coefficient (Wildman–Crippen LogP) is 6.67. The van der Waals surface area contributed by atoms with Crippen molar-refractivity contribution in [1.82, 2.24) is 9.55 Å². The Morgan fingerprint density at radius 1 is 0.605 bits per heavy atom. The molecule has 5 heteroatoms. The molecule has 0 aliphatic heterocycles. The van der Waals surface area contributed by atoms with Crippen molar-refractivity contribution >= 4 is 45.7 Å². The van der Waals surface area contributed by atoms with Gasteiger partial charge in [-0.1, -0.05) is 78.3 Å². The van der Waals surface area contributed by atoms with Crippen LogP contribution in [0.3, 0.4) is 0 Å². The molecule has 0 aliphatic rings. The van der Waals surface area contributed by atoms with E-state index in [1.165, 1.54) is 15.9 Å². The van der Waals surface area contributed by atoms with Crippen LogP contribution < -0.4 is 21.5 Å². The van der Waals surface area contributed by atoms with Gasteiger partial charge >= 0.3 is 0 Å². The monoisotopic (exact) mass is 531 g/mol. The lowest BCUT2D eigenvalue weighted by molar-refractivity contribution is 0.828. The molecule has 38 heavy (non-hydrogen) atoms. The second-order valence-corrected chi connectivity index (χ2v) is 13.0. The Balaban J connectivity index is 1.70. The molecule has 0 saturated carbocycles. The molecule has 5 aromatic carbocycles. The number of fused-ring (bicyclic) bond motifs is 1. The van der Waals surface area contributed by atoms with Gasteiger partial charge in [-0.15, -0.1) is 0 Å². The lowest BCUT2D eigenvalue weighted by Crippen LogP contribution is -2.37. The zero-order chi connectivity index (χ0) is 26.0. The fourth-order valence-electron chi connectivity index (χ4n) is 5.07. The zero-order valence-electron chi connectivity index (χ0n) is 20.6. The largest absolute Gasteiger partial charge is 0.268 e. The first-order valence-corrected chi connectivity index (χ1v) is 14.8. The van der Waals surface area contributed by atoms with Crippen LogP contribution in [0.1, 0.15) is 0 Å². The summed E-state index contributed by atoms with van der Waals surface area (Å²) in [7, 11) is -2.34. The Morgan fingerprint density at radius 2 is 1.08 bits per heavy atom. The normalized spacial score (nSPS) is 11.5. The van der Waals surface area contributed by atoms with Gasteiger partial charge in [0, 0.05) is 10.6 Å². The number of nitrogens with zero attached hydrogens (tertiary/aromatic N) is 2. The minimum atomic E-state index is -2.34. The number of hydrogen-bond donors (Lipinski definition) is 0. The first-order valence-electron chi connectivity index (χ1n) is 12.5. The van der Waals surface area contributed by atoms with Gasteiger partial charge in [-0.25, -0.2) is 4.98 Å². The third kappa shape index (κ3) is 4.35. The van der Waals surface area contributed by atoms with Crippen molar-refractivity contribution in [3.05, 3.63) is 155 Å². The first kappa shape index (κ1) is 24.3. The van der Waals surface area contributed by atoms with Crippen LogP contribution in [0.4, 0.5) is 0 Å². The van der Waals surface area contributed by atoms with Crippen LogP contribution in [0, 0.1) is 0 Å². The van der Waals surface area contributed by atoms with E-state index in [-0.39, 0.29) is 5.56 Å². The van der Waals surface area contributed by atoms with E-state index in [0.29, 0.717) is 28.0 Å². The minimum Gasteiger partial charge on any atom is -0.268 e. The summed E-state index contributed by atoms with van der Waals surface area (Å²) in [4.78, 5) is 19.3. The molecule has 0 fully saturated rings. The van der Waals surface area contributed by atoms with Gasteiger partial charge in [0.15, 0.2) is 6.29 Å². The lowest BCUT2D eigenvalue weighted by atomic mass is 10.2. The molecule has 0 aliphatic carbocycles. The molecule has 1 heterocycles. The molecule has 1 aromatic heterocycles. The van der Waals surface area contributed by atoms with Crippen LogP contribution in [0.25, 0.3) is 22.3 Å². The van der Waals surface area contributed by atoms with E-state index < -0.39 is 7.26 Å². The molecule has 0 atom stereocenters. The Hall–Kier alpha value is -4.04. The van der Waals surface area contributed by atoms with E-state index in [2.05, 4.69) is 72.8 Å². The van der Waals surface area contributed by atoms with Gasteiger partial charge in [-0.2, -0.15) is 0 Å². The fourth-order valence-corrected chi connectivity index (χ4v) is 9.31. The van der Waals surface area contributed by atoms with Crippen molar-refractivity contribution in [3.8, 4) is 11.4 Å². The van der Waals surface area contributed by atoms with Gasteiger partial charge in [-0.05, 0) is 72.8 Å². The van der Waals surface area contributed by atoms with Gasteiger partial charge in [0.05, 0.1) is 10.9 Å². The van der Waals surface area contributed by atoms with E-state index in [0.717, 1.165) is 5.56 Å². The van der Waals surface area contributed by atoms with Crippen LogP contribution >= 0.6 is 18.9 Å². The molecular formula is C33H25ClN2OP+. The standard InChI is InChI=1S/C33H25ClN2OP/c34-26-22-20-25(21-23-26)32-35-31-19-11-10-18-30(31)33(37)36(32)24-38(27-12-4-1-5-13-27,28-14-6-2-7-15-28)29-16-8-3-9-17-29/h1-23H,24H2/q+1. The van der Waals surface area contributed by atoms with E-state index in [1.807, 2.05) is 71.3 Å². The number of aromatic nitrogens is 2. The van der Waals surface area contributed by atoms with Crippen molar-refractivity contribution in [3.63, 3.8) is 0 Å². The van der Waals surface area contributed by atoms with Crippen LogP contribution in [-0.2, 0) is 6.29 Å². The summed E-state index contributed by atoms with van der Waals surface area (Å²) >= 11 is 6.23. The van der Waals surface area contributed by atoms with Crippen molar-refractivity contribution in [1.29, 1.82) is 0 Å². The van der Waals surface area contributed by atoms with E-state index in [1.54, 1.807) is 0 Å². The highest BCUT2D eigenvalue weighted by Crippen LogP contribution is 2.57. The molecule has 184 valence electrons. The van der Waals surface area contributed by atoms with Gasteiger partial charge in [0.25, 0.3) is 5.56 Å². The first-order chi connectivity index (χ1) is 18.7. The number of hydrogen-bond acceptors (Lipinski definition) is 2. The molecule has 0 radical (unpaired) electrons. The highest BCUT2D eigenvalue weighted by Gasteiger charge is 2.46. The Labute approximate surface area is 227 Å². The lowest BCUT2D eigenvalue weighted by Gasteiger charge is -2.29. The molecule has 0 spiro atoms. The molecular weight excluding hydrogens is 507 g/mol. The van der Waals surface area contributed by atoms with E-state index >= 15 is 0 Å². The summed E-state index contributed by atoms with van der Waals surface area (Å²) in [6.45, 7) is 0. The quantitative estimate of drug-likeness (QED) is 0.225. The minimum absolute atomic E-state index is 0.0484. The Bertz CT molecular complexity index is 1660. The van der Waals surface area contributed by atoms with Gasteiger partial charge < -0.3 is 0 Å². The molecule has 6 rings (SSSR count). The van der Waals surface area contributed by atoms with Crippen LogP contribution in [0.5, 0.6) is 0 Å². The van der Waals surface area contributed by atoms with Gasteiger partial charge in [-0.3, -0.25) is 9.36 Å². The smallest absolute Gasteiger partial charge is 0.264 e. The summed E-state index contributed by atoms with van der Waals surface area (Å²) in [5.74, 6) is 0.637. The third-order valence-corrected chi connectivity index (χ3v) is 11.4. The Kier molecular flexibility index (Phi) is 6.64. The summed E-state index contributed by atoms with van der Waals surface area (Å²) < 4.78 is 1.88. The highest BCUT2D eigenvalue weighted by molar-refractivity contribution is 7.94. The fraction of sp³-hybridized carbons (Fsp3) is 0.0303. The number of benzene rings is 5. The van der Waals surface area contributed by atoms with Crippen LogP contribution in [0.2, 0.25) is 5.02 Å². The number of para-hydroxylation sites is 1. The highest BCUT2D eigenvalue weighted by atomic mass is 35.5. The molecule has 0 amide bonds. The summed E-state index contributed by atoms with van der Waals surface area (Å²) in [5.41, 5.74) is 1.49. The SMILES string of the molecule is O=c1c2ccccc2nc(-c2ccc(Cl)cc2)n1C[P+](c1ccccc1)(c1ccccc1)c1ccccc1. The topological polar surface area (TPSA) is 34.9 Å². The van der Waals surface area contributed by atoms with Crippen molar-refractivity contribution in [2.24, 2.45) is 0 Å². The predicted molar refractivity (Wildman–Crippen MR) is 162 cm³/mol. The van der Waals surface area contributed by atoms with Crippen LogP contribution in [-0.4, -0.2) is 9.55 Å². The summed E-state index contributed by atoms with van der Waals surface area (Å²) in [5, 5.41) is 4.87. The molecule has 3 nitrogen and oxygen atoms in total. The molecule has 0 unspecified atom stereocenters. The molecule has 0 saturated heterocycles. The van der Waals surface area contributed by atoms with E-state index in [9.17, 15) is 4.79 Å². The number of halogens is 1. The van der Waals surface area contributed by atoms with Crippen LogP contribution in [0.15, 0.2) is 144 Å². The molecule has 0 bridgehead atoms. The summed E-state index contributed by atoms with van der Waals surface area (Å²) in [6.07, 6.45) is 0.472. The summed E-state index contributed by atoms with van der Waals surface area (Å²) in [6, 6.07) is 46.9. The maximum absolute atomic E-state index is 14.3. The van der Waals surface area contributed by atoms with Crippen molar-refractivity contribution in [2.45, 2.75) is 6.29 Å². The number of rotatable bonds is 6. The van der Waals surface area contributed by atoms with Gasteiger partial charge in [0.2, 0.25) is 0 Å². The van der Waals surface area contributed by atoms with Crippen molar-refractivity contribution in [2.75, 3.05) is 0 Å². The van der Waals surface area contributed by atoms with Gasteiger partial charge in [0.1, 0.15) is 29.0 Å². The molecule has 0 N–H and O–H groups in total. The van der Waals surface area contributed by atoms with Crippen molar-refractivity contribution < 1.29 is 0 Å². The maximum Gasteiger partial charge on any atom is 0.264 e. The maximum atomic E-state index is 14.3. The third-order valence-electron chi connectivity index (χ3n) is 6.91. The Morgan fingerprint density at radius 3 is 1.61 bits per heavy atom. The van der Waals surface area contributed by atoms with E-state index in [4.69, 9.17) is 16.6 Å².